The van der Waals surface area contributed by atoms with E-state index in [-0.39, 0.29) is 0 Å². The van der Waals surface area contributed by atoms with E-state index in [0.717, 1.165) is 6.42 Å². The molecule has 0 aliphatic heterocycles. The summed E-state index contributed by atoms with van der Waals surface area (Å²) in [6.45, 7) is 3.81. The molecule has 0 saturated carbocycles. The molecule has 0 heterocycles. The second-order valence-electron chi connectivity index (χ2n) is 5.09. The Bertz CT molecular complexity index is 604. The minimum Gasteiger partial charge on any atom is -0.103 e. The van der Waals surface area contributed by atoms with E-state index >= 15 is 0 Å². The summed E-state index contributed by atoms with van der Waals surface area (Å²) in [4.78, 5) is 0. The number of rotatable bonds is 3. The molecule has 0 spiro atoms. The molecule has 1 atom stereocenters. The lowest BCUT2D eigenvalue weighted by Gasteiger charge is -2.19. The first-order valence-electron chi connectivity index (χ1n) is 6.67. The summed E-state index contributed by atoms with van der Waals surface area (Å²) >= 11 is 0. The number of fused-ring (bicyclic) bond motifs is 2. The summed E-state index contributed by atoms with van der Waals surface area (Å²) in [5.41, 5.74) is 2.88. The molecule has 2 aromatic carbocycles. The number of hydrogen-bond donors (Lipinski definition) is 0. The summed E-state index contributed by atoms with van der Waals surface area (Å²) < 4.78 is 0. The summed E-state index contributed by atoms with van der Waals surface area (Å²) in [6.07, 6.45) is 10.2. The molecule has 3 rings (SSSR count). The van der Waals surface area contributed by atoms with Crippen molar-refractivity contribution in [2.24, 2.45) is 5.92 Å². The van der Waals surface area contributed by atoms with Crippen LogP contribution in [0.4, 0.5) is 0 Å². The standard InChI is InChI=1S/C18H18/c1-2-3-6-14-9-10-17-12-15-7-4-5-8-16(15)13-18(17)11-14/h2,4-5,7-10,12-14H,1,3,6,11H2. The zero-order valence-electron chi connectivity index (χ0n) is 10.6. The molecule has 1 unspecified atom stereocenters. The van der Waals surface area contributed by atoms with E-state index in [1.54, 1.807) is 0 Å². The van der Waals surface area contributed by atoms with Crippen LogP contribution in [-0.2, 0) is 6.42 Å². The van der Waals surface area contributed by atoms with Crippen LogP contribution >= 0.6 is 0 Å². The van der Waals surface area contributed by atoms with Gasteiger partial charge < -0.3 is 0 Å². The van der Waals surface area contributed by atoms with E-state index in [9.17, 15) is 0 Å². The van der Waals surface area contributed by atoms with Crippen LogP contribution in [0.1, 0.15) is 24.0 Å². The monoisotopic (exact) mass is 234 g/mol. The van der Waals surface area contributed by atoms with E-state index in [1.807, 2.05) is 6.08 Å². The van der Waals surface area contributed by atoms with Gasteiger partial charge in [-0.3, -0.25) is 0 Å². The van der Waals surface area contributed by atoms with Gasteiger partial charge in [-0.1, -0.05) is 48.6 Å². The summed E-state index contributed by atoms with van der Waals surface area (Å²) in [5, 5.41) is 2.69. The topological polar surface area (TPSA) is 0 Å². The van der Waals surface area contributed by atoms with Gasteiger partial charge in [0.2, 0.25) is 0 Å². The first kappa shape index (κ1) is 11.3. The Morgan fingerprint density at radius 1 is 1.17 bits per heavy atom. The Balaban J connectivity index is 1.95. The molecule has 90 valence electrons. The maximum absolute atomic E-state index is 3.81. The predicted molar refractivity (Wildman–Crippen MR) is 79.6 cm³/mol. The van der Waals surface area contributed by atoms with E-state index in [4.69, 9.17) is 0 Å². The maximum Gasteiger partial charge on any atom is -0.0178 e. The molecular formula is C18H18. The fraction of sp³-hybridized carbons (Fsp3) is 0.222. The van der Waals surface area contributed by atoms with Crippen molar-refractivity contribution in [1.82, 2.24) is 0 Å². The zero-order valence-corrected chi connectivity index (χ0v) is 10.6. The van der Waals surface area contributed by atoms with E-state index in [2.05, 4.69) is 55.1 Å². The van der Waals surface area contributed by atoms with Crippen molar-refractivity contribution in [3.8, 4) is 0 Å². The van der Waals surface area contributed by atoms with Crippen LogP contribution in [0.25, 0.3) is 16.8 Å². The number of hydrogen-bond acceptors (Lipinski definition) is 0. The van der Waals surface area contributed by atoms with Crippen molar-refractivity contribution in [2.45, 2.75) is 19.3 Å². The van der Waals surface area contributed by atoms with Gasteiger partial charge in [0.1, 0.15) is 0 Å². The molecular weight excluding hydrogens is 216 g/mol. The smallest absolute Gasteiger partial charge is 0.0178 e. The lowest BCUT2D eigenvalue weighted by Crippen LogP contribution is -2.06. The Hall–Kier alpha value is -1.82. The summed E-state index contributed by atoms with van der Waals surface area (Å²) in [6, 6.07) is 13.3. The zero-order chi connectivity index (χ0) is 12.4. The molecule has 1 aliphatic rings. The molecule has 0 N–H and O–H groups in total. The van der Waals surface area contributed by atoms with Gasteiger partial charge in [-0.2, -0.15) is 0 Å². The molecule has 0 bridgehead atoms. The third kappa shape index (κ3) is 2.11. The fourth-order valence-corrected chi connectivity index (χ4v) is 2.76. The van der Waals surface area contributed by atoms with Gasteiger partial charge in [0.05, 0.1) is 0 Å². The van der Waals surface area contributed by atoms with Crippen LogP contribution in [0.15, 0.2) is 55.1 Å². The SMILES string of the molecule is C=CCCC1C=Cc2cc3ccccc3cc2C1. The fourth-order valence-electron chi connectivity index (χ4n) is 2.76. The van der Waals surface area contributed by atoms with Crippen molar-refractivity contribution in [1.29, 1.82) is 0 Å². The van der Waals surface area contributed by atoms with E-state index < -0.39 is 0 Å². The highest BCUT2D eigenvalue weighted by Crippen LogP contribution is 2.29. The first-order chi connectivity index (χ1) is 8.86. The molecule has 0 aromatic heterocycles. The van der Waals surface area contributed by atoms with Crippen LogP contribution in [0.3, 0.4) is 0 Å². The molecule has 1 aliphatic carbocycles. The van der Waals surface area contributed by atoms with Gasteiger partial charge in [0, 0.05) is 0 Å². The van der Waals surface area contributed by atoms with Crippen LogP contribution in [0, 0.1) is 5.92 Å². The predicted octanol–water partition coefficient (Wildman–Crippen LogP) is 4.99. The third-order valence-corrected chi connectivity index (χ3v) is 3.78. The highest BCUT2D eigenvalue weighted by Gasteiger charge is 2.13. The van der Waals surface area contributed by atoms with Gasteiger partial charge >= 0.3 is 0 Å². The van der Waals surface area contributed by atoms with Crippen LogP contribution in [0.5, 0.6) is 0 Å². The van der Waals surface area contributed by atoms with Crippen molar-refractivity contribution in [3.63, 3.8) is 0 Å². The van der Waals surface area contributed by atoms with E-state index in [0.29, 0.717) is 5.92 Å². The first-order valence-corrected chi connectivity index (χ1v) is 6.67. The summed E-state index contributed by atoms with van der Waals surface area (Å²) in [7, 11) is 0. The molecule has 0 nitrogen and oxygen atoms in total. The average Bonchev–Trinajstić information content (AvgIpc) is 2.42. The van der Waals surface area contributed by atoms with Gasteiger partial charge in [-0.05, 0) is 53.1 Å². The lowest BCUT2D eigenvalue weighted by molar-refractivity contribution is 0.592. The molecule has 0 radical (unpaired) electrons. The molecule has 0 heteroatoms. The minimum absolute atomic E-state index is 0.677. The summed E-state index contributed by atoms with van der Waals surface area (Å²) in [5.74, 6) is 0.677. The molecule has 2 aromatic rings. The van der Waals surface area contributed by atoms with Gasteiger partial charge in [-0.25, -0.2) is 0 Å². The van der Waals surface area contributed by atoms with Gasteiger partial charge in [-0.15, -0.1) is 6.58 Å². The third-order valence-electron chi connectivity index (χ3n) is 3.78. The van der Waals surface area contributed by atoms with Crippen LogP contribution in [-0.4, -0.2) is 0 Å². The molecule has 0 saturated heterocycles. The van der Waals surface area contributed by atoms with Gasteiger partial charge in [0.15, 0.2) is 0 Å². The van der Waals surface area contributed by atoms with Crippen molar-refractivity contribution in [2.75, 3.05) is 0 Å². The lowest BCUT2D eigenvalue weighted by atomic mass is 9.85. The Labute approximate surface area is 109 Å². The highest BCUT2D eigenvalue weighted by molar-refractivity contribution is 5.86. The van der Waals surface area contributed by atoms with Crippen molar-refractivity contribution < 1.29 is 0 Å². The number of benzene rings is 2. The highest BCUT2D eigenvalue weighted by atomic mass is 14.2. The molecule has 0 amide bonds. The Morgan fingerprint density at radius 2 is 1.94 bits per heavy atom. The Morgan fingerprint density at radius 3 is 2.72 bits per heavy atom. The largest absolute Gasteiger partial charge is 0.103 e. The van der Waals surface area contributed by atoms with Crippen molar-refractivity contribution in [3.05, 3.63) is 66.3 Å². The van der Waals surface area contributed by atoms with Gasteiger partial charge in [0.25, 0.3) is 0 Å². The molecule has 18 heavy (non-hydrogen) atoms. The quantitative estimate of drug-likeness (QED) is 0.656. The minimum atomic E-state index is 0.677. The van der Waals surface area contributed by atoms with E-state index in [1.165, 1.54) is 34.7 Å². The molecule has 0 fully saturated rings. The van der Waals surface area contributed by atoms with Crippen LogP contribution in [0.2, 0.25) is 0 Å². The Kier molecular flexibility index (Phi) is 3.02. The van der Waals surface area contributed by atoms with Crippen molar-refractivity contribution >= 4 is 16.8 Å². The van der Waals surface area contributed by atoms with Crippen LogP contribution < -0.4 is 0 Å². The maximum atomic E-state index is 3.81. The number of allylic oxidation sites excluding steroid dienone is 2. The second-order valence-corrected chi connectivity index (χ2v) is 5.09. The second kappa shape index (κ2) is 4.81. The normalized spacial score (nSPS) is 17.7. The average molecular weight is 234 g/mol.